The molecular weight excluding hydrogens is 266 g/mol. The zero-order chi connectivity index (χ0) is 14.7. The van der Waals surface area contributed by atoms with E-state index >= 15 is 0 Å². The lowest BCUT2D eigenvalue weighted by molar-refractivity contribution is -0.122. The van der Waals surface area contributed by atoms with E-state index < -0.39 is 0 Å². The van der Waals surface area contributed by atoms with Crippen molar-refractivity contribution in [3.05, 3.63) is 29.8 Å². The Morgan fingerprint density at radius 3 is 2.95 bits per heavy atom. The molecule has 0 saturated carbocycles. The third-order valence-corrected chi connectivity index (χ3v) is 4.34. The van der Waals surface area contributed by atoms with Crippen molar-refractivity contribution in [2.24, 2.45) is 5.16 Å². The van der Waals surface area contributed by atoms with Crippen LogP contribution < -0.4 is 10.2 Å². The topological polar surface area (TPSA) is 64.9 Å². The van der Waals surface area contributed by atoms with Gasteiger partial charge in [0.25, 0.3) is 0 Å². The van der Waals surface area contributed by atoms with Gasteiger partial charge < -0.3 is 15.4 Å². The molecule has 1 fully saturated rings. The number of benzene rings is 1. The van der Waals surface area contributed by atoms with Gasteiger partial charge in [-0.15, -0.1) is 0 Å². The first kappa shape index (κ1) is 13.9. The van der Waals surface area contributed by atoms with Crippen molar-refractivity contribution in [1.29, 1.82) is 0 Å². The number of carbonyl (C=O) groups is 1. The molecule has 0 bridgehead atoms. The molecule has 1 saturated heterocycles. The van der Waals surface area contributed by atoms with E-state index in [1.54, 1.807) is 0 Å². The van der Waals surface area contributed by atoms with Crippen LogP contribution in [0, 0.1) is 0 Å². The van der Waals surface area contributed by atoms with E-state index in [-0.39, 0.29) is 11.9 Å². The maximum Gasteiger partial charge on any atom is 0.242 e. The van der Waals surface area contributed by atoms with Gasteiger partial charge in [-0.3, -0.25) is 4.79 Å². The summed E-state index contributed by atoms with van der Waals surface area (Å²) in [4.78, 5) is 14.5. The number of amides is 1. The molecule has 112 valence electrons. The first-order valence-electron chi connectivity index (χ1n) is 7.66. The number of nitrogens with zero attached hydrogens (tertiary/aromatic N) is 2. The third kappa shape index (κ3) is 2.73. The second kappa shape index (κ2) is 6.16. The van der Waals surface area contributed by atoms with Crippen molar-refractivity contribution < 1.29 is 10.0 Å². The number of nitrogens with one attached hydrogen (secondary N) is 1. The van der Waals surface area contributed by atoms with E-state index in [0.717, 1.165) is 56.4 Å². The number of para-hydroxylation sites is 1. The van der Waals surface area contributed by atoms with Crippen LogP contribution in [0.15, 0.2) is 29.4 Å². The van der Waals surface area contributed by atoms with Crippen LogP contribution >= 0.6 is 0 Å². The predicted molar refractivity (Wildman–Crippen MR) is 82.0 cm³/mol. The standard InChI is InChI=1S/C16H21N3O2/c20-16-15(9-3-4-10-17-16)19-11-5-7-13(18-21)12-6-1-2-8-14(12)19/h1-2,6,8,15,21H,3-5,7,9-11H2,(H,17,20)/b18-13-. The molecule has 1 unspecified atom stereocenters. The molecule has 2 N–H and O–H groups in total. The number of hydrogen-bond donors (Lipinski definition) is 2. The molecule has 1 aromatic carbocycles. The Kier molecular flexibility index (Phi) is 4.08. The van der Waals surface area contributed by atoms with Crippen molar-refractivity contribution >= 4 is 17.3 Å². The average Bonchev–Trinajstić information content (AvgIpc) is 2.83. The number of hydrogen-bond acceptors (Lipinski definition) is 4. The second-order valence-electron chi connectivity index (χ2n) is 5.66. The Balaban J connectivity index is 1.99. The van der Waals surface area contributed by atoms with Gasteiger partial charge in [0.1, 0.15) is 6.04 Å². The van der Waals surface area contributed by atoms with E-state index in [1.807, 2.05) is 24.3 Å². The molecule has 0 aromatic heterocycles. The second-order valence-corrected chi connectivity index (χ2v) is 5.66. The summed E-state index contributed by atoms with van der Waals surface area (Å²) in [5.41, 5.74) is 2.65. The normalized spacial score (nSPS) is 25.0. The summed E-state index contributed by atoms with van der Waals surface area (Å²) < 4.78 is 0. The lowest BCUT2D eigenvalue weighted by Gasteiger charge is -2.31. The van der Waals surface area contributed by atoms with Gasteiger partial charge in [0, 0.05) is 24.3 Å². The highest BCUT2D eigenvalue weighted by molar-refractivity contribution is 6.06. The lowest BCUT2D eigenvalue weighted by atomic mass is 10.0. The van der Waals surface area contributed by atoms with Crippen molar-refractivity contribution in [3.8, 4) is 0 Å². The molecule has 1 aromatic rings. The number of anilines is 1. The molecule has 1 amide bonds. The largest absolute Gasteiger partial charge is 0.411 e. The Labute approximate surface area is 124 Å². The van der Waals surface area contributed by atoms with E-state index in [2.05, 4.69) is 15.4 Å². The van der Waals surface area contributed by atoms with Gasteiger partial charge in [-0.2, -0.15) is 0 Å². The van der Waals surface area contributed by atoms with E-state index in [1.165, 1.54) is 0 Å². The van der Waals surface area contributed by atoms with Gasteiger partial charge in [-0.05, 0) is 38.2 Å². The van der Waals surface area contributed by atoms with Crippen LogP contribution in [-0.2, 0) is 4.79 Å². The molecule has 0 aliphatic carbocycles. The van der Waals surface area contributed by atoms with Crippen LogP contribution in [0.1, 0.15) is 37.7 Å². The van der Waals surface area contributed by atoms with Gasteiger partial charge in [-0.25, -0.2) is 0 Å². The molecular formula is C16H21N3O2. The van der Waals surface area contributed by atoms with Crippen LogP contribution in [0.4, 0.5) is 5.69 Å². The van der Waals surface area contributed by atoms with Crippen molar-refractivity contribution in [1.82, 2.24) is 5.32 Å². The van der Waals surface area contributed by atoms with Crippen LogP contribution in [0.25, 0.3) is 0 Å². The van der Waals surface area contributed by atoms with Gasteiger partial charge >= 0.3 is 0 Å². The zero-order valence-corrected chi connectivity index (χ0v) is 12.1. The SMILES string of the molecule is O=C1NCCCCC1N1CCC/C(=N/O)c2ccccc21. The van der Waals surface area contributed by atoms with Gasteiger partial charge in [0.15, 0.2) is 0 Å². The fourth-order valence-electron chi connectivity index (χ4n) is 3.29. The first-order chi connectivity index (χ1) is 10.3. The smallest absolute Gasteiger partial charge is 0.242 e. The maximum atomic E-state index is 12.4. The molecule has 3 rings (SSSR count). The molecule has 0 radical (unpaired) electrons. The number of carbonyl (C=O) groups excluding carboxylic acids is 1. The molecule has 2 aliphatic rings. The molecule has 2 aliphatic heterocycles. The number of rotatable bonds is 1. The predicted octanol–water partition coefficient (Wildman–Crippen LogP) is 2.13. The minimum absolute atomic E-state index is 0.117. The Hall–Kier alpha value is -2.04. The molecule has 0 spiro atoms. The fraction of sp³-hybridized carbons (Fsp3) is 0.500. The molecule has 5 heteroatoms. The van der Waals surface area contributed by atoms with Crippen LogP contribution in [-0.4, -0.2) is 36.0 Å². The summed E-state index contributed by atoms with van der Waals surface area (Å²) in [6.07, 6.45) is 4.60. The highest BCUT2D eigenvalue weighted by Crippen LogP contribution is 2.30. The minimum atomic E-state index is -0.119. The first-order valence-corrected chi connectivity index (χ1v) is 7.66. The summed E-state index contributed by atoms with van der Waals surface area (Å²) in [5.74, 6) is 0.117. The fourth-order valence-corrected chi connectivity index (χ4v) is 3.29. The number of oxime groups is 1. The summed E-state index contributed by atoms with van der Waals surface area (Å²) in [7, 11) is 0. The van der Waals surface area contributed by atoms with Crippen LogP contribution in [0.5, 0.6) is 0 Å². The Bertz CT molecular complexity index is 556. The molecule has 5 nitrogen and oxygen atoms in total. The van der Waals surface area contributed by atoms with Gasteiger partial charge in [0.05, 0.1) is 5.71 Å². The quantitative estimate of drug-likeness (QED) is 0.614. The van der Waals surface area contributed by atoms with Crippen LogP contribution in [0.2, 0.25) is 0 Å². The highest BCUT2D eigenvalue weighted by atomic mass is 16.4. The Morgan fingerprint density at radius 2 is 2.10 bits per heavy atom. The monoisotopic (exact) mass is 287 g/mol. The zero-order valence-electron chi connectivity index (χ0n) is 12.1. The van der Waals surface area contributed by atoms with Gasteiger partial charge in [-0.1, -0.05) is 23.4 Å². The van der Waals surface area contributed by atoms with Crippen molar-refractivity contribution in [3.63, 3.8) is 0 Å². The van der Waals surface area contributed by atoms with E-state index in [4.69, 9.17) is 0 Å². The van der Waals surface area contributed by atoms with Gasteiger partial charge in [0.2, 0.25) is 5.91 Å². The summed E-state index contributed by atoms with van der Waals surface area (Å²) in [6.45, 7) is 1.59. The van der Waals surface area contributed by atoms with Crippen molar-refractivity contribution in [2.45, 2.75) is 38.1 Å². The molecule has 21 heavy (non-hydrogen) atoms. The summed E-state index contributed by atoms with van der Waals surface area (Å²) in [6, 6.07) is 7.79. The lowest BCUT2D eigenvalue weighted by Crippen LogP contribution is -2.46. The van der Waals surface area contributed by atoms with Crippen LogP contribution in [0.3, 0.4) is 0 Å². The molecule has 1 atom stereocenters. The maximum absolute atomic E-state index is 12.4. The van der Waals surface area contributed by atoms with E-state index in [0.29, 0.717) is 5.71 Å². The molecule has 2 heterocycles. The average molecular weight is 287 g/mol. The Morgan fingerprint density at radius 1 is 1.24 bits per heavy atom. The highest BCUT2D eigenvalue weighted by Gasteiger charge is 2.30. The summed E-state index contributed by atoms with van der Waals surface area (Å²) >= 11 is 0. The number of fused-ring (bicyclic) bond motifs is 1. The summed E-state index contributed by atoms with van der Waals surface area (Å²) in [5, 5.41) is 15.7. The minimum Gasteiger partial charge on any atom is -0.411 e. The van der Waals surface area contributed by atoms with E-state index in [9.17, 15) is 10.0 Å². The van der Waals surface area contributed by atoms with Crippen molar-refractivity contribution in [2.75, 3.05) is 18.0 Å². The third-order valence-electron chi connectivity index (χ3n) is 4.34.